The van der Waals surface area contributed by atoms with Crippen molar-refractivity contribution in [1.82, 2.24) is 24.7 Å². The summed E-state index contributed by atoms with van der Waals surface area (Å²) >= 11 is 0. The van der Waals surface area contributed by atoms with Crippen LogP contribution in [0.5, 0.6) is 0 Å². The minimum absolute atomic E-state index is 0.0204. The molecule has 3 N–H and O–H groups in total. The predicted octanol–water partition coefficient (Wildman–Crippen LogP) is 0.0178. The molecule has 0 aromatic carbocycles. The number of fused-ring (bicyclic) bond motifs is 1. The normalized spacial score (nSPS) is 11.7. The zero-order chi connectivity index (χ0) is 15.7. The molecule has 0 aliphatic carbocycles. The Morgan fingerprint density at radius 1 is 1.23 bits per heavy atom. The van der Waals surface area contributed by atoms with Gasteiger partial charge in [-0.1, -0.05) is 0 Å². The van der Waals surface area contributed by atoms with Gasteiger partial charge in [0.2, 0.25) is 10.0 Å². The Kier molecular flexibility index (Phi) is 3.47. The van der Waals surface area contributed by atoms with Crippen molar-refractivity contribution >= 4 is 26.9 Å². The number of hydrogen-bond acceptors (Lipinski definition) is 7. The smallest absolute Gasteiger partial charge is 0.239 e. The van der Waals surface area contributed by atoms with Gasteiger partial charge < -0.3 is 5.32 Å². The molecule has 3 heterocycles. The molecule has 9 nitrogen and oxygen atoms in total. The van der Waals surface area contributed by atoms with Crippen LogP contribution in [0.25, 0.3) is 11.0 Å². The molecular formula is C12H13N7O2S. The fraction of sp³-hybridized carbons (Fsp3) is 0.167. The minimum Gasteiger partial charge on any atom is -0.364 e. The second kappa shape index (κ2) is 5.31. The van der Waals surface area contributed by atoms with Crippen LogP contribution in [0.2, 0.25) is 0 Å². The van der Waals surface area contributed by atoms with Gasteiger partial charge in [-0.3, -0.25) is 9.67 Å². The molecule has 0 amide bonds. The van der Waals surface area contributed by atoms with Gasteiger partial charge in [0.15, 0.2) is 5.65 Å². The van der Waals surface area contributed by atoms with Crippen molar-refractivity contribution in [3.8, 4) is 0 Å². The molecule has 114 valence electrons. The Bertz CT molecular complexity index is 918. The van der Waals surface area contributed by atoms with Crippen LogP contribution in [0.1, 0.15) is 5.69 Å². The van der Waals surface area contributed by atoms with Crippen molar-refractivity contribution in [3.63, 3.8) is 0 Å². The number of nitrogens with zero attached hydrogens (tertiary/aromatic N) is 5. The molecule has 0 aliphatic rings. The molecule has 0 spiro atoms. The first kappa shape index (κ1) is 14.4. The Labute approximate surface area is 126 Å². The molecular weight excluding hydrogens is 306 g/mol. The fourth-order valence-electron chi connectivity index (χ4n) is 1.96. The number of aryl methyl sites for hydroxylation is 1. The van der Waals surface area contributed by atoms with Crippen molar-refractivity contribution in [2.45, 2.75) is 11.4 Å². The number of aromatic nitrogens is 5. The summed E-state index contributed by atoms with van der Waals surface area (Å²) in [6.07, 6.45) is 4.35. The van der Waals surface area contributed by atoms with E-state index < -0.39 is 10.0 Å². The molecule has 10 heteroatoms. The Hall–Kier alpha value is -2.59. The van der Waals surface area contributed by atoms with E-state index in [9.17, 15) is 8.42 Å². The average molecular weight is 319 g/mol. The molecule has 3 aromatic rings. The van der Waals surface area contributed by atoms with Gasteiger partial charge in [-0.05, 0) is 12.1 Å². The van der Waals surface area contributed by atoms with E-state index in [2.05, 4.69) is 25.4 Å². The molecule has 0 saturated heterocycles. The van der Waals surface area contributed by atoms with Crippen LogP contribution in [0.3, 0.4) is 0 Å². The number of primary sulfonamides is 1. The monoisotopic (exact) mass is 319 g/mol. The maximum Gasteiger partial charge on any atom is 0.239 e. The number of hydrogen-bond donors (Lipinski definition) is 2. The Morgan fingerprint density at radius 3 is 2.73 bits per heavy atom. The van der Waals surface area contributed by atoms with Gasteiger partial charge in [0.1, 0.15) is 17.0 Å². The lowest BCUT2D eigenvalue weighted by atomic mass is 10.3. The van der Waals surface area contributed by atoms with Crippen LogP contribution in [0.15, 0.2) is 35.7 Å². The highest BCUT2D eigenvalue weighted by Gasteiger charge is 2.09. The van der Waals surface area contributed by atoms with E-state index >= 15 is 0 Å². The molecule has 0 radical (unpaired) electrons. The summed E-state index contributed by atoms with van der Waals surface area (Å²) in [7, 11) is -1.93. The molecule has 0 aliphatic heterocycles. The van der Waals surface area contributed by atoms with Gasteiger partial charge in [-0.25, -0.2) is 23.5 Å². The van der Waals surface area contributed by atoms with Gasteiger partial charge in [0.25, 0.3) is 0 Å². The highest BCUT2D eigenvalue weighted by molar-refractivity contribution is 7.89. The number of anilines is 1. The number of nitrogens with one attached hydrogen (secondary N) is 1. The summed E-state index contributed by atoms with van der Waals surface area (Å²) in [6.45, 7) is 0.381. The molecule has 0 bridgehead atoms. The number of pyridine rings is 1. The fourth-order valence-corrected chi connectivity index (χ4v) is 2.42. The third-order valence-electron chi connectivity index (χ3n) is 3.09. The maximum atomic E-state index is 11.2. The molecule has 22 heavy (non-hydrogen) atoms. The van der Waals surface area contributed by atoms with E-state index in [0.717, 1.165) is 11.0 Å². The van der Waals surface area contributed by atoms with Crippen molar-refractivity contribution in [3.05, 3.63) is 36.5 Å². The first-order chi connectivity index (χ1) is 10.4. The Balaban J connectivity index is 1.79. The summed E-state index contributed by atoms with van der Waals surface area (Å²) < 4.78 is 24.0. The second-order valence-corrected chi connectivity index (χ2v) is 6.17. The summed E-state index contributed by atoms with van der Waals surface area (Å²) in [4.78, 5) is 12.4. The van der Waals surface area contributed by atoms with Crippen molar-refractivity contribution < 1.29 is 8.42 Å². The minimum atomic E-state index is -3.73. The lowest BCUT2D eigenvalue weighted by molar-refractivity contribution is 0.597. The van der Waals surface area contributed by atoms with E-state index in [1.165, 1.54) is 18.6 Å². The van der Waals surface area contributed by atoms with E-state index in [-0.39, 0.29) is 4.90 Å². The molecule has 0 unspecified atom stereocenters. The van der Waals surface area contributed by atoms with Crippen LogP contribution in [0, 0.1) is 0 Å². The molecule has 0 saturated carbocycles. The first-order valence-corrected chi connectivity index (χ1v) is 7.84. The average Bonchev–Trinajstić information content (AvgIpc) is 2.87. The third-order valence-corrected chi connectivity index (χ3v) is 3.99. The third kappa shape index (κ3) is 2.73. The van der Waals surface area contributed by atoms with Crippen molar-refractivity contribution in [1.29, 1.82) is 0 Å². The summed E-state index contributed by atoms with van der Waals surface area (Å²) in [5, 5.41) is 13.1. The van der Waals surface area contributed by atoms with Gasteiger partial charge in [0, 0.05) is 13.2 Å². The van der Waals surface area contributed by atoms with E-state index in [0.29, 0.717) is 18.1 Å². The van der Waals surface area contributed by atoms with Crippen LogP contribution < -0.4 is 10.5 Å². The van der Waals surface area contributed by atoms with Gasteiger partial charge in [0.05, 0.1) is 23.8 Å². The lowest BCUT2D eigenvalue weighted by Gasteiger charge is -2.06. The zero-order valence-corrected chi connectivity index (χ0v) is 12.4. The Morgan fingerprint density at radius 2 is 2.05 bits per heavy atom. The van der Waals surface area contributed by atoms with Crippen LogP contribution >= 0.6 is 0 Å². The molecule has 3 aromatic heterocycles. The summed E-state index contributed by atoms with van der Waals surface area (Å²) in [6, 6.07) is 3.01. The van der Waals surface area contributed by atoms with E-state index in [4.69, 9.17) is 5.14 Å². The van der Waals surface area contributed by atoms with Crippen LogP contribution in [0.4, 0.5) is 5.82 Å². The second-order valence-electron chi connectivity index (χ2n) is 4.61. The quantitative estimate of drug-likeness (QED) is 0.693. The summed E-state index contributed by atoms with van der Waals surface area (Å²) in [5.41, 5.74) is 1.37. The van der Waals surface area contributed by atoms with Crippen LogP contribution in [-0.4, -0.2) is 33.2 Å². The number of sulfonamides is 1. The predicted molar refractivity (Wildman–Crippen MR) is 79.2 cm³/mol. The van der Waals surface area contributed by atoms with Crippen molar-refractivity contribution in [2.24, 2.45) is 12.2 Å². The largest absolute Gasteiger partial charge is 0.364 e. The molecule has 3 rings (SSSR count). The van der Waals surface area contributed by atoms with Gasteiger partial charge in [-0.15, -0.1) is 0 Å². The summed E-state index contributed by atoms with van der Waals surface area (Å²) in [5.74, 6) is 0.635. The highest BCUT2D eigenvalue weighted by atomic mass is 32.2. The number of rotatable bonds is 4. The first-order valence-electron chi connectivity index (χ1n) is 6.29. The topological polar surface area (TPSA) is 129 Å². The SMILES string of the molecule is Cn1ncc2c(NCc3ccc(S(N)(=O)=O)cn3)ncnc21. The number of nitrogens with two attached hydrogens (primary N) is 1. The zero-order valence-electron chi connectivity index (χ0n) is 11.6. The highest BCUT2D eigenvalue weighted by Crippen LogP contribution is 2.18. The van der Waals surface area contributed by atoms with E-state index in [1.54, 1.807) is 24.0 Å². The maximum absolute atomic E-state index is 11.2. The van der Waals surface area contributed by atoms with Crippen LogP contribution in [-0.2, 0) is 23.6 Å². The molecule has 0 atom stereocenters. The van der Waals surface area contributed by atoms with E-state index in [1.807, 2.05) is 0 Å². The van der Waals surface area contributed by atoms with Gasteiger partial charge >= 0.3 is 0 Å². The standard InChI is InChI=1S/C12H13N7O2S/c1-19-12-10(6-18-19)11(16-7-17-12)15-4-8-2-3-9(5-14-8)22(13,20)21/h2-3,5-7H,4H2,1H3,(H2,13,20,21)(H,15,16,17). The van der Waals surface area contributed by atoms with Gasteiger partial charge in [-0.2, -0.15) is 5.10 Å². The van der Waals surface area contributed by atoms with Crippen molar-refractivity contribution in [2.75, 3.05) is 5.32 Å². The lowest BCUT2D eigenvalue weighted by Crippen LogP contribution is -2.13. The molecule has 0 fully saturated rings.